The molecule has 8 aromatic carbocycles. The van der Waals surface area contributed by atoms with Gasteiger partial charge >= 0.3 is 0 Å². The maximum absolute atomic E-state index is 5.34. The van der Waals surface area contributed by atoms with Crippen LogP contribution in [0.4, 0.5) is 0 Å². The van der Waals surface area contributed by atoms with Crippen molar-refractivity contribution in [2.24, 2.45) is 0 Å². The molecule has 0 atom stereocenters. The Morgan fingerprint density at radius 2 is 0.877 bits per heavy atom. The second-order valence-electron chi connectivity index (χ2n) is 14.4. The highest BCUT2D eigenvalue weighted by atomic mass is 32.1. The molecule has 11 aromatic rings. The molecular weight excluding hydrogens is 711 g/mol. The van der Waals surface area contributed by atoms with Crippen molar-refractivity contribution < 1.29 is 0 Å². The number of thiophene rings is 1. The monoisotopic (exact) mass is 743 g/mol. The fourth-order valence-electron chi connectivity index (χ4n) is 7.97. The Balaban J connectivity index is 0.958. The van der Waals surface area contributed by atoms with Crippen LogP contribution >= 0.6 is 11.3 Å². The van der Waals surface area contributed by atoms with Gasteiger partial charge in [0.1, 0.15) is 0 Å². The largest absolute Gasteiger partial charge is 0.246 e. The van der Waals surface area contributed by atoms with Crippen molar-refractivity contribution in [3.8, 4) is 67.4 Å². The minimum Gasteiger partial charge on any atom is -0.246 e. The summed E-state index contributed by atoms with van der Waals surface area (Å²) in [5.41, 5.74) is 12.6. The zero-order chi connectivity index (χ0) is 37.7. The molecule has 57 heavy (non-hydrogen) atoms. The average Bonchev–Trinajstić information content (AvgIpc) is 3.69. The number of pyridine rings is 1. The summed E-state index contributed by atoms with van der Waals surface area (Å²) in [7, 11) is 0. The Morgan fingerprint density at radius 3 is 1.61 bits per heavy atom. The van der Waals surface area contributed by atoms with E-state index < -0.39 is 0 Å². The van der Waals surface area contributed by atoms with E-state index >= 15 is 0 Å². The number of hydrogen-bond acceptors (Lipinski definition) is 4. The third-order valence-corrected chi connectivity index (χ3v) is 12.0. The first-order valence-corrected chi connectivity index (χ1v) is 20.0. The van der Waals surface area contributed by atoms with Gasteiger partial charge < -0.3 is 0 Å². The molecule has 0 aliphatic heterocycles. The number of fused-ring (bicyclic) bond motifs is 6. The summed E-state index contributed by atoms with van der Waals surface area (Å²) in [4.78, 5) is 15.5. The van der Waals surface area contributed by atoms with Gasteiger partial charge in [0, 0.05) is 43.1 Å². The van der Waals surface area contributed by atoms with Crippen molar-refractivity contribution in [3.05, 3.63) is 200 Å². The Labute approximate surface area is 334 Å². The van der Waals surface area contributed by atoms with Gasteiger partial charge in [-0.25, -0.2) is 15.0 Å². The molecule has 0 fully saturated rings. The van der Waals surface area contributed by atoms with E-state index in [9.17, 15) is 0 Å². The third-order valence-electron chi connectivity index (χ3n) is 10.9. The maximum atomic E-state index is 5.34. The van der Waals surface area contributed by atoms with Gasteiger partial charge in [-0.1, -0.05) is 170 Å². The lowest BCUT2D eigenvalue weighted by Crippen LogP contribution is -1.96. The number of nitrogens with zero attached hydrogens (tertiary/aromatic N) is 3. The molecule has 3 nitrogen and oxygen atoms in total. The molecule has 3 aromatic heterocycles. The summed E-state index contributed by atoms with van der Waals surface area (Å²) in [6.07, 6.45) is 0. The summed E-state index contributed by atoms with van der Waals surface area (Å²) in [6, 6.07) is 70.8. The predicted molar refractivity (Wildman–Crippen MR) is 240 cm³/mol. The lowest BCUT2D eigenvalue weighted by atomic mass is 9.98. The van der Waals surface area contributed by atoms with Crippen LogP contribution in [-0.4, -0.2) is 15.0 Å². The molecule has 0 amide bonds. The van der Waals surface area contributed by atoms with Gasteiger partial charge in [0.25, 0.3) is 0 Å². The highest BCUT2D eigenvalue weighted by Gasteiger charge is 2.17. The molecule has 0 saturated carbocycles. The average molecular weight is 744 g/mol. The van der Waals surface area contributed by atoms with Crippen molar-refractivity contribution in [2.75, 3.05) is 0 Å². The van der Waals surface area contributed by atoms with Gasteiger partial charge in [0.15, 0.2) is 5.82 Å². The van der Waals surface area contributed by atoms with E-state index in [4.69, 9.17) is 15.0 Å². The van der Waals surface area contributed by atoms with Crippen LogP contribution < -0.4 is 0 Å². The SMILES string of the molecule is c1ccc(-c2cccc(-c3cc(-c4ccc(-c5ccc(-c6nc7cc8ccccc8cc7c7c6sc6ccccc67)cc5)cc4)nc(-c4ccccc4)n3)c2)cc1. The topological polar surface area (TPSA) is 38.7 Å². The van der Waals surface area contributed by atoms with Crippen molar-refractivity contribution in [2.45, 2.75) is 0 Å². The first-order valence-electron chi connectivity index (χ1n) is 19.2. The molecule has 0 spiro atoms. The molecule has 0 bridgehead atoms. The lowest BCUT2D eigenvalue weighted by Gasteiger charge is -2.11. The van der Waals surface area contributed by atoms with Crippen LogP contribution in [0.25, 0.3) is 109 Å². The molecule has 4 heteroatoms. The Hall–Kier alpha value is -7.27. The normalized spacial score (nSPS) is 11.5. The molecule has 0 N–H and O–H groups in total. The second kappa shape index (κ2) is 13.8. The van der Waals surface area contributed by atoms with Gasteiger partial charge in [-0.2, -0.15) is 0 Å². The van der Waals surface area contributed by atoms with Gasteiger partial charge in [0.05, 0.1) is 27.3 Å². The van der Waals surface area contributed by atoms with Crippen LogP contribution in [0.2, 0.25) is 0 Å². The standard InChI is InChI=1S/C53H33N3S/c1-3-12-34(13-4-1)40-18-11-19-43(30-40)47-33-46(55-53(56-47)39-14-5-2-6-15-39)37-26-22-35(23-27-37)36-24-28-38(29-25-36)51-52-50(44-20-9-10-21-49(44)57-52)45-31-41-16-7-8-17-42(41)32-48(45)54-51/h1-33H. The Bertz CT molecular complexity index is 3260. The van der Waals surface area contributed by atoms with E-state index in [1.807, 2.05) is 35.6 Å². The van der Waals surface area contributed by atoms with Crippen LogP contribution in [0.1, 0.15) is 0 Å². The Morgan fingerprint density at radius 1 is 0.333 bits per heavy atom. The minimum absolute atomic E-state index is 0.705. The van der Waals surface area contributed by atoms with Crippen molar-refractivity contribution in [1.82, 2.24) is 15.0 Å². The van der Waals surface area contributed by atoms with Crippen molar-refractivity contribution >= 4 is 53.2 Å². The van der Waals surface area contributed by atoms with Crippen LogP contribution in [0.3, 0.4) is 0 Å². The molecule has 266 valence electrons. The van der Waals surface area contributed by atoms with Gasteiger partial charge in [0.2, 0.25) is 0 Å². The predicted octanol–water partition coefficient (Wildman–Crippen LogP) is 14.5. The highest BCUT2D eigenvalue weighted by Crippen LogP contribution is 2.44. The minimum atomic E-state index is 0.705. The second-order valence-corrected chi connectivity index (χ2v) is 15.5. The zero-order valence-electron chi connectivity index (χ0n) is 30.8. The first-order chi connectivity index (χ1) is 28.2. The summed E-state index contributed by atoms with van der Waals surface area (Å²) in [6.45, 7) is 0. The molecule has 0 aliphatic rings. The molecular formula is C53H33N3S. The summed E-state index contributed by atoms with van der Waals surface area (Å²) in [5, 5.41) is 6.21. The quantitative estimate of drug-likeness (QED) is 0.159. The molecule has 11 rings (SSSR count). The molecule has 0 radical (unpaired) electrons. The van der Waals surface area contributed by atoms with Gasteiger partial charge in [-0.15, -0.1) is 11.3 Å². The fraction of sp³-hybridized carbons (Fsp3) is 0. The molecule has 0 saturated heterocycles. The summed E-state index contributed by atoms with van der Waals surface area (Å²) >= 11 is 1.83. The zero-order valence-corrected chi connectivity index (χ0v) is 31.6. The van der Waals surface area contributed by atoms with Crippen LogP contribution in [0, 0.1) is 0 Å². The van der Waals surface area contributed by atoms with E-state index in [1.165, 1.54) is 41.9 Å². The molecule has 0 unspecified atom stereocenters. The smallest absolute Gasteiger partial charge is 0.160 e. The number of aromatic nitrogens is 3. The number of rotatable bonds is 6. The third kappa shape index (κ3) is 6.04. The molecule has 0 aliphatic carbocycles. The van der Waals surface area contributed by atoms with E-state index in [2.05, 4.69) is 176 Å². The van der Waals surface area contributed by atoms with Crippen molar-refractivity contribution in [3.63, 3.8) is 0 Å². The van der Waals surface area contributed by atoms with E-state index in [0.717, 1.165) is 61.5 Å². The maximum Gasteiger partial charge on any atom is 0.160 e. The lowest BCUT2D eigenvalue weighted by molar-refractivity contribution is 1.18. The summed E-state index contributed by atoms with van der Waals surface area (Å²) in [5.74, 6) is 0.705. The van der Waals surface area contributed by atoms with Crippen LogP contribution in [0.15, 0.2) is 200 Å². The number of benzene rings is 8. The number of hydrogen-bond donors (Lipinski definition) is 0. The van der Waals surface area contributed by atoms with E-state index in [0.29, 0.717) is 5.82 Å². The fourth-order valence-corrected chi connectivity index (χ4v) is 9.20. The highest BCUT2D eigenvalue weighted by molar-refractivity contribution is 7.26. The van der Waals surface area contributed by atoms with Gasteiger partial charge in [-0.05, 0) is 63.4 Å². The molecule has 3 heterocycles. The van der Waals surface area contributed by atoms with Crippen molar-refractivity contribution in [1.29, 1.82) is 0 Å². The summed E-state index contributed by atoms with van der Waals surface area (Å²) < 4.78 is 2.50. The van der Waals surface area contributed by atoms with E-state index in [1.54, 1.807) is 0 Å². The van der Waals surface area contributed by atoms with Crippen LogP contribution in [-0.2, 0) is 0 Å². The van der Waals surface area contributed by atoms with Crippen LogP contribution in [0.5, 0.6) is 0 Å². The Kier molecular flexibility index (Phi) is 8.01. The first kappa shape index (κ1) is 33.1. The van der Waals surface area contributed by atoms with Gasteiger partial charge in [-0.3, -0.25) is 0 Å². The van der Waals surface area contributed by atoms with E-state index in [-0.39, 0.29) is 0 Å².